The van der Waals surface area contributed by atoms with Crippen LogP contribution in [-0.2, 0) is 21.9 Å². The van der Waals surface area contributed by atoms with Crippen LogP contribution < -0.4 is 9.47 Å². The molecule has 0 unspecified atom stereocenters. The van der Waals surface area contributed by atoms with Crippen LogP contribution in [0.5, 0.6) is 11.5 Å². The minimum absolute atomic E-state index is 0.0557. The van der Waals surface area contributed by atoms with Gasteiger partial charge in [-0.25, -0.2) is 8.42 Å². The molecule has 0 spiro atoms. The van der Waals surface area contributed by atoms with E-state index in [0.29, 0.717) is 24.8 Å². The highest BCUT2D eigenvalue weighted by atomic mass is 32.2. The lowest BCUT2D eigenvalue weighted by molar-refractivity contribution is 0.173. The Balaban J connectivity index is 1.33. The van der Waals surface area contributed by atoms with E-state index in [9.17, 15) is 8.42 Å². The number of fused-ring (bicyclic) bond motifs is 2. The Kier molecular flexibility index (Phi) is 4.67. The lowest BCUT2D eigenvalue weighted by Crippen LogP contribution is -2.35. The van der Waals surface area contributed by atoms with Crippen LogP contribution in [0.4, 0.5) is 0 Å². The van der Waals surface area contributed by atoms with Crippen LogP contribution in [0.1, 0.15) is 42.9 Å². The van der Waals surface area contributed by atoms with Crippen molar-refractivity contribution in [3.8, 4) is 11.5 Å². The first kappa shape index (κ1) is 19.6. The number of benzene rings is 2. The molecule has 2 aromatic rings. The van der Waals surface area contributed by atoms with Crippen LogP contribution in [0, 0.1) is 6.92 Å². The van der Waals surface area contributed by atoms with Crippen molar-refractivity contribution in [1.29, 1.82) is 0 Å². The van der Waals surface area contributed by atoms with Crippen LogP contribution >= 0.6 is 0 Å². The topological polar surface area (TPSA) is 55.8 Å². The largest absolute Gasteiger partial charge is 0.454 e. The van der Waals surface area contributed by atoms with Gasteiger partial charge in [0.2, 0.25) is 16.8 Å². The van der Waals surface area contributed by atoms with Crippen molar-refractivity contribution in [2.24, 2.45) is 0 Å². The van der Waals surface area contributed by atoms with Gasteiger partial charge in [0.1, 0.15) is 0 Å². The summed E-state index contributed by atoms with van der Waals surface area (Å²) in [6, 6.07) is 11.4. The third kappa shape index (κ3) is 3.32. The van der Waals surface area contributed by atoms with Gasteiger partial charge in [0.05, 0.1) is 4.90 Å². The second-order valence-corrected chi connectivity index (χ2v) is 10.8. The van der Waals surface area contributed by atoms with Crippen LogP contribution in [0.2, 0.25) is 0 Å². The van der Waals surface area contributed by atoms with Gasteiger partial charge in [0.25, 0.3) is 0 Å². The summed E-state index contributed by atoms with van der Waals surface area (Å²) in [5, 5.41) is 0. The molecular weight excluding hydrogens is 398 g/mol. The maximum Gasteiger partial charge on any atom is 0.243 e. The third-order valence-electron chi connectivity index (χ3n) is 6.74. The number of nitrogens with zero attached hydrogens (tertiary/aromatic N) is 1. The summed E-state index contributed by atoms with van der Waals surface area (Å²) in [4.78, 5) is 0.373. The summed E-state index contributed by atoms with van der Waals surface area (Å²) < 4.78 is 38.6. The first-order chi connectivity index (χ1) is 14.3. The van der Waals surface area contributed by atoms with E-state index in [1.807, 2.05) is 19.1 Å². The van der Waals surface area contributed by atoms with Crippen molar-refractivity contribution >= 4 is 10.0 Å². The number of sulfonamides is 1. The molecule has 0 saturated heterocycles. The average Bonchev–Trinajstić information content (AvgIpc) is 3.31. The Morgan fingerprint density at radius 1 is 1.07 bits per heavy atom. The zero-order valence-corrected chi connectivity index (χ0v) is 18.3. The van der Waals surface area contributed by atoms with E-state index >= 15 is 0 Å². The first-order valence-electron chi connectivity index (χ1n) is 10.5. The molecule has 0 aromatic heterocycles. The van der Waals surface area contributed by atoms with Gasteiger partial charge >= 0.3 is 0 Å². The SMILES string of the molecule is Cc1ccc(S(=O)(=O)N2CC=C(C[C@@]3(C)CCc4cc5c(cc43)OCO5)CC2)cc1. The molecule has 30 heavy (non-hydrogen) atoms. The average molecular weight is 426 g/mol. The van der Waals surface area contributed by atoms with Crippen LogP contribution in [0.3, 0.4) is 0 Å². The quantitative estimate of drug-likeness (QED) is 0.684. The van der Waals surface area contributed by atoms with E-state index in [1.54, 1.807) is 16.4 Å². The highest BCUT2D eigenvalue weighted by molar-refractivity contribution is 7.89. The van der Waals surface area contributed by atoms with Gasteiger partial charge < -0.3 is 9.47 Å². The second kappa shape index (κ2) is 7.13. The number of ether oxygens (including phenoxy) is 2. The highest BCUT2D eigenvalue weighted by Crippen LogP contribution is 2.48. The van der Waals surface area contributed by atoms with Crippen molar-refractivity contribution in [2.75, 3.05) is 19.9 Å². The summed E-state index contributed by atoms with van der Waals surface area (Å²) >= 11 is 0. The molecule has 0 radical (unpaired) electrons. The van der Waals surface area contributed by atoms with Gasteiger partial charge in [0.15, 0.2) is 11.5 Å². The Labute approximate surface area is 178 Å². The van der Waals surface area contributed by atoms with Gasteiger partial charge in [-0.2, -0.15) is 4.31 Å². The van der Waals surface area contributed by atoms with E-state index in [2.05, 4.69) is 25.1 Å². The Morgan fingerprint density at radius 3 is 2.50 bits per heavy atom. The number of hydrogen-bond acceptors (Lipinski definition) is 4. The molecule has 0 fully saturated rings. The number of rotatable bonds is 4. The second-order valence-electron chi connectivity index (χ2n) is 8.89. The summed E-state index contributed by atoms with van der Waals surface area (Å²) in [7, 11) is -3.44. The number of aryl methyl sites for hydroxylation is 2. The maximum atomic E-state index is 13.0. The van der Waals surface area contributed by atoms with Crippen molar-refractivity contribution in [2.45, 2.75) is 49.8 Å². The molecule has 3 aliphatic rings. The summed E-state index contributed by atoms with van der Waals surface area (Å²) in [5.74, 6) is 1.70. The molecule has 1 aliphatic carbocycles. The molecule has 5 rings (SSSR count). The molecule has 0 bridgehead atoms. The van der Waals surface area contributed by atoms with Crippen LogP contribution in [0.25, 0.3) is 0 Å². The van der Waals surface area contributed by atoms with Gasteiger partial charge in [-0.05, 0) is 73.4 Å². The van der Waals surface area contributed by atoms with E-state index in [1.165, 1.54) is 16.7 Å². The minimum Gasteiger partial charge on any atom is -0.454 e. The predicted octanol–water partition coefficient (Wildman–Crippen LogP) is 4.34. The lowest BCUT2D eigenvalue weighted by Gasteiger charge is -2.31. The highest BCUT2D eigenvalue weighted by Gasteiger charge is 2.37. The third-order valence-corrected chi connectivity index (χ3v) is 8.62. The molecule has 6 heteroatoms. The smallest absolute Gasteiger partial charge is 0.243 e. The standard InChI is InChI=1S/C24H27NO4S/c1-17-3-5-20(6-4-17)30(26,27)25-11-8-18(9-12-25)15-24(2)10-7-19-13-22-23(14-21(19)24)29-16-28-22/h3-6,8,13-14H,7,9-12,15-16H2,1-2H3/t24-/m1/s1. The minimum atomic E-state index is -3.44. The van der Waals surface area contributed by atoms with Crippen molar-refractivity contribution < 1.29 is 17.9 Å². The fourth-order valence-corrected chi connectivity index (χ4v) is 6.29. The monoisotopic (exact) mass is 425 g/mol. The molecule has 1 atom stereocenters. The first-order valence-corrected chi connectivity index (χ1v) is 12.0. The lowest BCUT2D eigenvalue weighted by atomic mass is 9.77. The van der Waals surface area contributed by atoms with Crippen molar-refractivity contribution in [1.82, 2.24) is 4.31 Å². The maximum absolute atomic E-state index is 13.0. The molecular formula is C24H27NO4S. The predicted molar refractivity (Wildman–Crippen MR) is 115 cm³/mol. The van der Waals surface area contributed by atoms with Crippen molar-refractivity contribution in [3.05, 3.63) is 64.7 Å². The molecule has 2 heterocycles. The van der Waals surface area contributed by atoms with E-state index < -0.39 is 10.0 Å². The fraction of sp³-hybridized carbons (Fsp3) is 0.417. The van der Waals surface area contributed by atoms with Crippen LogP contribution in [-0.4, -0.2) is 32.6 Å². The van der Waals surface area contributed by atoms with Gasteiger partial charge in [-0.1, -0.05) is 36.3 Å². The molecule has 5 nitrogen and oxygen atoms in total. The Bertz CT molecular complexity index is 1120. The number of hydrogen-bond donors (Lipinski definition) is 0. The van der Waals surface area contributed by atoms with Crippen molar-refractivity contribution in [3.63, 3.8) is 0 Å². The van der Waals surface area contributed by atoms with Gasteiger partial charge in [-0.15, -0.1) is 0 Å². The normalized spacial score (nSPS) is 23.3. The van der Waals surface area contributed by atoms with Gasteiger partial charge in [0, 0.05) is 13.1 Å². The van der Waals surface area contributed by atoms with E-state index in [0.717, 1.165) is 42.7 Å². The summed E-state index contributed by atoms with van der Waals surface area (Å²) in [6.07, 6.45) is 5.99. The molecule has 0 N–H and O–H groups in total. The van der Waals surface area contributed by atoms with Crippen LogP contribution in [0.15, 0.2) is 52.9 Å². The summed E-state index contributed by atoms with van der Waals surface area (Å²) in [5.41, 5.74) is 5.16. The molecule has 158 valence electrons. The zero-order chi connectivity index (χ0) is 20.9. The zero-order valence-electron chi connectivity index (χ0n) is 17.5. The Hall–Kier alpha value is -2.31. The van der Waals surface area contributed by atoms with E-state index in [-0.39, 0.29) is 5.41 Å². The molecule has 2 aliphatic heterocycles. The van der Waals surface area contributed by atoms with E-state index in [4.69, 9.17) is 9.47 Å². The molecule has 0 saturated carbocycles. The molecule has 2 aromatic carbocycles. The fourth-order valence-electron chi connectivity index (χ4n) is 4.91. The summed E-state index contributed by atoms with van der Waals surface area (Å²) in [6.45, 7) is 5.55. The Morgan fingerprint density at radius 2 is 1.80 bits per heavy atom. The molecule has 0 amide bonds. The van der Waals surface area contributed by atoms with Gasteiger partial charge in [-0.3, -0.25) is 0 Å².